The Kier molecular flexibility index (Phi) is 2.63. The van der Waals surface area contributed by atoms with Crippen molar-refractivity contribution in [1.82, 2.24) is 14.9 Å². The van der Waals surface area contributed by atoms with Crippen molar-refractivity contribution in [3.8, 4) is 5.88 Å². The molecule has 0 aromatic carbocycles. The lowest BCUT2D eigenvalue weighted by Crippen LogP contribution is -2.58. The quantitative estimate of drug-likeness (QED) is 0.718. The first-order chi connectivity index (χ1) is 8.25. The zero-order valence-electron chi connectivity index (χ0n) is 10.3. The number of rotatable bonds is 1. The molecule has 5 nitrogen and oxygen atoms in total. The third kappa shape index (κ3) is 1.84. The summed E-state index contributed by atoms with van der Waals surface area (Å²) in [5, 5.41) is 0. The molecule has 1 aromatic heterocycles. The lowest BCUT2D eigenvalue weighted by Gasteiger charge is -2.45. The predicted octanol–water partition coefficient (Wildman–Crippen LogP) is 0.768. The molecular formula is C12H18N4O. The van der Waals surface area contributed by atoms with Gasteiger partial charge in [0.2, 0.25) is 0 Å². The van der Waals surface area contributed by atoms with Crippen LogP contribution in [0.4, 0.5) is 5.82 Å². The van der Waals surface area contributed by atoms with E-state index in [9.17, 15) is 0 Å². The van der Waals surface area contributed by atoms with Crippen LogP contribution in [0.25, 0.3) is 0 Å². The van der Waals surface area contributed by atoms with Crippen LogP contribution in [0, 0.1) is 0 Å². The molecule has 0 spiro atoms. The van der Waals surface area contributed by atoms with Gasteiger partial charge in [0.05, 0.1) is 6.04 Å². The first-order valence-electron chi connectivity index (χ1n) is 6.20. The SMILES string of the molecule is CC(C)N1CCN2c3nccnc3OC[C@@H]2C1. The first-order valence-corrected chi connectivity index (χ1v) is 6.20. The highest BCUT2D eigenvalue weighted by molar-refractivity contribution is 5.51. The van der Waals surface area contributed by atoms with E-state index in [0.717, 1.165) is 32.1 Å². The first kappa shape index (κ1) is 10.8. The van der Waals surface area contributed by atoms with E-state index in [1.807, 2.05) is 0 Å². The third-order valence-electron chi connectivity index (χ3n) is 3.58. The van der Waals surface area contributed by atoms with Crippen molar-refractivity contribution in [1.29, 1.82) is 0 Å². The molecule has 1 saturated heterocycles. The van der Waals surface area contributed by atoms with Crippen molar-refractivity contribution in [3.05, 3.63) is 12.4 Å². The highest BCUT2D eigenvalue weighted by atomic mass is 16.5. The Morgan fingerprint density at radius 2 is 2.12 bits per heavy atom. The zero-order chi connectivity index (χ0) is 11.8. The summed E-state index contributed by atoms with van der Waals surface area (Å²) in [5.74, 6) is 1.59. The summed E-state index contributed by atoms with van der Waals surface area (Å²) in [7, 11) is 0. The van der Waals surface area contributed by atoms with Crippen LogP contribution in [-0.4, -0.2) is 53.2 Å². The van der Waals surface area contributed by atoms with Crippen molar-refractivity contribution in [3.63, 3.8) is 0 Å². The number of nitrogens with zero attached hydrogens (tertiary/aromatic N) is 4. The van der Waals surface area contributed by atoms with Crippen LogP contribution in [0.3, 0.4) is 0 Å². The Balaban J connectivity index is 1.83. The summed E-state index contributed by atoms with van der Waals surface area (Å²) >= 11 is 0. The van der Waals surface area contributed by atoms with E-state index < -0.39 is 0 Å². The van der Waals surface area contributed by atoms with Crippen molar-refractivity contribution in [2.45, 2.75) is 25.9 Å². The van der Waals surface area contributed by atoms with Crippen molar-refractivity contribution < 1.29 is 4.74 Å². The fraction of sp³-hybridized carbons (Fsp3) is 0.667. The third-order valence-corrected chi connectivity index (χ3v) is 3.58. The molecule has 1 fully saturated rings. The Bertz CT molecular complexity index is 409. The number of anilines is 1. The van der Waals surface area contributed by atoms with E-state index >= 15 is 0 Å². The van der Waals surface area contributed by atoms with Gasteiger partial charge in [0, 0.05) is 38.1 Å². The van der Waals surface area contributed by atoms with Crippen LogP contribution in [0.2, 0.25) is 0 Å². The Morgan fingerprint density at radius 3 is 2.94 bits per heavy atom. The molecule has 17 heavy (non-hydrogen) atoms. The van der Waals surface area contributed by atoms with Crippen LogP contribution >= 0.6 is 0 Å². The Labute approximate surface area is 101 Å². The smallest absolute Gasteiger partial charge is 0.257 e. The van der Waals surface area contributed by atoms with Crippen molar-refractivity contribution in [2.75, 3.05) is 31.1 Å². The minimum atomic E-state index is 0.412. The van der Waals surface area contributed by atoms with Gasteiger partial charge in [0.1, 0.15) is 6.61 Å². The van der Waals surface area contributed by atoms with E-state index in [0.29, 0.717) is 18.0 Å². The molecular weight excluding hydrogens is 216 g/mol. The highest BCUT2D eigenvalue weighted by Crippen LogP contribution is 2.31. The van der Waals surface area contributed by atoms with Crippen LogP contribution in [0.1, 0.15) is 13.8 Å². The number of aromatic nitrogens is 2. The Hall–Kier alpha value is -1.36. The van der Waals surface area contributed by atoms with Crippen molar-refractivity contribution in [2.24, 2.45) is 0 Å². The minimum Gasteiger partial charge on any atom is -0.473 e. The number of fused-ring (bicyclic) bond motifs is 3. The zero-order valence-corrected chi connectivity index (χ0v) is 10.3. The number of hydrogen-bond acceptors (Lipinski definition) is 5. The molecule has 3 heterocycles. The second kappa shape index (κ2) is 4.14. The molecule has 5 heteroatoms. The normalized spacial score (nSPS) is 24.2. The fourth-order valence-electron chi connectivity index (χ4n) is 2.56. The largest absolute Gasteiger partial charge is 0.473 e. The number of piperazine rings is 1. The molecule has 0 bridgehead atoms. The predicted molar refractivity (Wildman–Crippen MR) is 65.4 cm³/mol. The van der Waals surface area contributed by atoms with Gasteiger partial charge in [0.25, 0.3) is 5.88 Å². The van der Waals surface area contributed by atoms with Crippen LogP contribution in [0.15, 0.2) is 12.4 Å². The average molecular weight is 234 g/mol. The maximum atomic E-state index is 5.68. The molecule has 0 N–H and O–H groups in total. The monoisotopic (exact) mass is 234 g/mol. The maximum Gasteiger partial charge on any atom is 0.257 e. The molecule has 0 aliphatic carbocycles. The molecule has 1 aromatic rings. The lowest BCUT2D eigenvalue weighted by atomic mass is 10.1. The standard InChI is InChI=1S/C12H18N4O/c1-9(2)15-5-6-16-10(7-15)8-17-12-11(16)13-3-4-14-12/h3-4,9-10H,5-8H2,1-2H3/t10-/m0/s1. The van der Waals surface area contributed by atoms with Gasteiger partial charge in [-0.05, 0) is 13.8 Å². The van der Waals surface area contributed by atoms with Crippen molar-refractivity contribution >= 4 is 5.82 Å². The van der Waals surface area contributed by atoms with Crippen LogP contribution in [0.5, 0.6) is 5.88 Å². The van der Waals surface area contributed by atoms with E-state index in [2.05, 4.69) is 33.6 Å². The topological polar surface area (TPSA) is 41.5 Å². The summed E-state index contributed by atoms with van der Waals surface area (Å²) < 4.78 is 5.68. The molecule has 3 rings (SSSR count). The molecule has 1 atom stereocenters. The lowest BCUT2D eigenvalue weighted by molar-refractivity contribution is 0.138. The maximum absolute atomic E-state index is 5.68. The van der Waals surface area contributed by atoms with E-state index in [4.69, 9.17) is 4.74 Å². The van der Waals surface area contributed by atoms with Crippen LogP contribution in [-0.2, 0) is 0 Å². The van der Waals surface area contributed by atoms with Gasteiger partial charge in [0.15, 0.2) is 5.82 Å². The summed E-state index contributed by atoms with van der Waals surface area (Å²) in [6, 6.07) is 1.01. The van der Waals surface area contributed by atoms with E-state index in [1.165, 1.54) is 0 Å². The van der Waals surface area contributed by atoms with Gasteiger partial charge in [-0.2, -0.15) is 0 Å². The molecule has 0 unspecified atom stereocenters. The highest BCUT2D eigenvalue weighted by Gasteiger charge is 2.34. The van der Waals surface area contributed by atoms with E-state index in [-0.39, 0.29) is 0 Å². The molecule has 2 aliphatic heterocycles. The molecule has 0 amide bonds. The average Bonchev–Trinajstić information content (AvgIpc) is 2.38. The minimum absolute atomic E-state index is 0.412. The van der Waals surface area contributed by atoms with Gasteiger partial charge >= 0.3 is 0 Å². The van der Waals surface area contributed by atoms with Gasteiger partial charge in [-0.25, -0.2) is 9.97 Å². The second-order valence-electron chi connectivity index (χ2n) is 4.93. The second-order valence-corrected chi connectivity index (χ2v) is 4.93. The van der Waals surface area contributed by atoms with Crippen LogP contribution < -0.4 is 9.64 Å². The molecule has 92 valence electrons. The van der Waals surface area contributed by atoms with E-state index in [1.54, 1.807) is 12.4 Å². The summed E-state index contributed by atoms with van der Waals surface area (Å²) in [4.78, 5) is 13.4. The molecule has 0 saturated carbocycles. The number of ether oxygens (including phenoxy) is 1. The number of hydrogen-bond donors (Lipinski definition) is 0. The summed E-state index contributed by atoms with van der Waals surface area (Å²) in [6.45, 7) is 8.35. The fourth-order valence-corrected chi connectivity index (χ4v) is 2.56. The molecule has 0 radical (unpaired) electrons. The summed E-state index contributed by atoms with van der Waals surface area (Å²) in [5.41, 5.74) is 0. The van der Waals surface area contributed by atoms with Gasteiger partial charge in [-0.1, -0.05) is 0 Å². The van der Waals surface area contributed by atoms with Gasteiger partial charge in [-0.15, -0.1) is 0 Å². The molecule has 2 aliphatic rings. The van der Waals surface area contributed by atoms with Gasteiger partial charge < -0.3 is 9.64 Å². The summed E-state index contributed by atoms with van der Waals surface area (Å²) in [6.07, 6.45) is 3.42. The Morgan fingerprint density at radius 1 is 1.29 bits per heavy atom. The van der Waals surface area contributed by atoms with Gasteiger partial charge in [-0.3, -0.25) is 4.90 Å².